The van der Waals surface area contributed by atoms with Crippen molar-refractivity contribution < 1.29 is 5.21 Å². The summed E-state index contributed by atoms with van der Waals surface area (Å²) in [7, 11) is 1.84. The normalized spacial score (nSPS) is 13.6. The zero-order chi connectivity index (χ0) is 12.1. The molecule has 0 saturated heterocycles. The summed E-state index contributed by atoms with van der Waals surface area (Å²) in [4.78, 5) is 9.73. The Morgan fingerprint density at radius 2 is 2.44 bits per heavy atom. The van der Waals surface area contributed by atoms with Gasteiger partial charge < -0.3 is 15.8 Å². The highest BCUT2D eigenvalue weighted by Crippen LogP contribution is 2.22. The van der Waals surface area contributed by atoms with E-state index in [2.05, 4.69) is 15.1 Å². The van der Waals surface area contributed by atoms with Crippen molar-refractivity contribution in [2.24, 2.45) is 10.9 Å². The molecule has 1 aromatic rings. The minimum atomic E-state index is 0.0169. The van der Waals surface area contributed by atoms with Gasteiger partial charge in [-0.15, -0.1) is 0 Å². The van der Waals surface area contributed by atoms with Gasteiger partial charge in [-0.05, 0) is 6.92 Å². The molecule has 0 aromatic carbocycles. The highest BCUT2D eigenvalue weighted by Gasteiger charge is 2.15. The van der Waals surface area contributed by atoms with E-state index in [1.54, 1.807) is 0 Å². The number of nitrogens with two attached hydrogens (primary N) is 1. The van der Waals surface area contributed by atoms with Crippen molar-refractivity contribution in [1.82, 2.24) is 9.97 Å². The Bertz CT molecular complexity index is 384. The Balaban J connectivity index is 2.78. The molecule has 0 aliphatic carbocycles. The summed E-state index contributed by atoms with van der Waals surface area (Å²) in [5, 5.41) is 11.9. The van der Waals surface area contributed by atoms with Gasteiger partial charge in [-0.2, -0.15) is 0 Å². The summed E-state index contributed by atoms with van der Waals surface area (Å²) >= 11 is 5.96. The van der Waals surface area contributed by atoms with Crippen LogP contribution in [0.4, 0.5) is 5.82 Å². The third-order valence-electron chi connectivity index (χ3n) is 2.28. The molecule has 1 aromatic heterocycles. The lowest BCUT2D eigenvalue weighted by molar-refractivity contribution is 0.316. The first-order valence-corrected chi connectivity index (χ1v) is 5.08. The van der Waals surface area contributed by atoms with Crippen LogP contribution in [0.5, 0.6) is 0 Å². The Morgan fingerprint density at radius 3 is 3.00 bits per heavy atom. The van der Waals surface area contributed by atoms with Gasteiger partial charge in [0.25, 0.3) is 0 Å². The molecule has 1 heterocycles. The number of oxime groups is 1. The largest absolute Gasteiger partial charge is 0.409 e. The number of aromatic nitrogens is 2. The van der Waals surface area contributed by atoms with Gasteiger partial charge >= 0.3 is 0 Å². The van der Waals surface area contributed by atoms with Crippen LogP contribution in [0.3, 0.4) is 0 Å². The van der Waals surface area contributed by atoms with Gasteiger partial charge in [0, 0.05) is 19.5 Å². The molecule has 0 radical (unpaired) electrons. The molecule has 0 amide bonds. The lowest BCUT2D eigenvalue weighted by atomic mass is 10.2. The maximum absolute atomic E-state index is 8.48. The fourth-order valence-corrected chi connectivity index (χ4v) is 1.49. The monoisotopic (exact) mass is 243 g/mol. The van der Waals surface area contributed by atoms with E-state index >= 15 is 0 Å². The second-order valence-electron chi connectivity index (χ2n) is 3.45. The number of anilines is 1. The Morgan fingerprint density at radius 1 is 1.75 bits per heavy atom. The highest BCUT2D eigenvalue weighted by atomic mass is 35.5. The number of amidine groups is 1. The van der Waals surface area contributed by atoms with Crippen LogP contribution in [-0.2, 0) is 0 Å². The maximum atomic E-state index is 8.48. The van der Waals surface area contributed by atoms with Gasteiger partial charge in [0.2, 0.25) is 0 Å². The summed E-state index contributed by atoms with van der Waals surface area (Å²) in [6, 6.07) is 0.0169. The molecule has 3 N–H and O–H groups in total. The third kappa shape index (κ3) is 2.96. The average Bonchev–Trinajstić information content (AvgIpc) is 2.28. The number of hydrogen-bond donors (Lipinski definition) is 2. The number of nitrogens with zero attached hydrogens (tertiary/aromatic N) is 4. The SMILES string of the molecule is CC(CC(N)=NO)N(C)c1ncncc1Cl. The van der Waals surface area contributed by atoms with E-state index in [9.17, 15) is 0 Å². The van der Waals surface area contributed by atoms with Crippen LogP contribution >= 0.6 is 11.6 Å². The van der Waals surface area contributed by atoms with E-state index in [0.717, 1.165) is 0 Å². The number of rotatable bonds is 4. The summed E-state index contributed by atoms with van der Waals surface area (Å²) in [5.41, 5.74) is 5.44. The predicted molar refractivity (Wildman–Crippen MR) is 62.9 cm³/mol. The Hall–Kier alpha value is -1.56. The van der Waals surface area contributed by atoms with Crippen molar-refractivity contribution in [2.45, 2.75) is 19.4 Å². The molecule has 6 nitrogen and oxygen atoms in total. The standard InChI is InChI=1S/C9H14ClN5O/c1-6(3-8(11)14-16)15(2)9-7(10)4-12-5-13-9/h4-6,16H,3H2,1-2H3,(H2,11,14). The molecule has 0 bridgehead atoms. The van der Waals surface area contributed by atoms with Crippen LogP contribution in [0.2, 0.25) is 5.02 Å². The summed E-state index contributed by atoms with van der Waals surface area (Å²) < 4.78 is 0. The lowest BCUT2D eigenvalue weighted by Gasteiger charge is -2.25. The molecule has 1 rings (SSSR count). The molecule has 1 atom stereocenters. The molecule has 0 fully saturated rings. The first-order chi connectivity index (χ1) is 7.56. The van der Waals surface area contributed by atoms with Gasteiger partial charge in [0.05, 0.1) is 6.20 Å². The molecule has 0 saturated carbocycles. The molecule has 88 valence electrons. The minimum Gasteiger partial charge on any atom is -0.409 e. The van der Waals surface area contributed by atoms with Crippen molar-refractivity contribution >= 4 is 23.3 Å². The van der Waals surface area contributed by atoms with Gasteiger partial charge in [-0.1, -0.05) is 16.8 Å². The van der Waals surface area contributed by atoms with E-state index in [-0.39, 0.29) is 11.9 Å². The molecule has 7 heteroatoms. The molecule has 0 spiro atoms. The molecular weight excluding hydrogens is 230 g/mol. The van der Waals surface area contributed by atoms with Crippen molar-refractivity contribution in [2.75, 3.05) is 11.9 Å². The van der Waals surface area contributed by atoms with Crippen molar-refractivity contribution in [3.05, 3.63) is 17.5 Å². The molecule has 0 aliphatic rings. The highest BCUT2D eigenvalue weighted by molar-refractivity contribution is 6.32. The quantitative estimate of drug-likeness (QED) is 0.358. The van der Waals surface area contributed by atoms with Crippen LogP contribution in [0.15, 0.2) is 17.7 Å². The number of halogens is 1. The second-order valence-corrected chi connectivity index (χ2v) is 3.86. The van der Waals surface area contributed by atoms with Crippen LogP contribution in [0.1, 0.15) is 13.3 Å². The van der Waals surface area contributed by atoms with Crippen LogP contribution < -0.4 is 10.6 Å². The van der Waals surface area contributed by atoms with Gasteiger partial charge in [-0.25, -0.2) is 9.97 Å². The summed E-state index contributed by atoms with van der Waals surface area (Å²) in [6.07, 6.45) is 3.37. The second kappa shape index (κ2) is 5.50. The first-order valence-electron chi connectivity index (χ1n) is 4.71. The van der Waals surface area contributed by atoms with E-state index in [4.69, 9.17) is 22.5 Å². The van der Waals surface area contributed by atoms with Crippen LogP contribution in [0.25, 0.3) is 0 Å². The zero-order valence-electron chi connectivity index (χ0n) is 9.13. The van der Waals surface area contributed by atoms with Crippen molar-refractivity contribution in [1.29, 1.82) is 0 Å². The Kier molecular flexibility index (Phi) is 4.30. The Labute approximate surface area is 98.7 Å². The molecule has 0 aliphatic heterocycles. The van der Waals surface area contributed by atoms with E-state index in [1.165, 1.54) is 12.5 Å². The molecular formula is C9H14ClN5O. The molecule has 1 unspecified atom stereocenters. The first kappa shape index (κ1) is 12.5. The third-order valence-corrected chi connectivity index (χ3v) is 2.54. The summed E-state index contributed by atoms with van der Waals surface area (Å²) in [5.74, 6) is 0.791. The molecule has 16 heavy (non-hydrogen) atoms. The summed E-state index contributed by atoms with van der Waals surface area (Å²) in [6.45, 7) is 1.93. The van der Waals surface area contributed by atoms with E-state index in [1.807, 2.05) is 18.9 Å². The zero-order valence-corrected chi connectivity index (χ0v) is 9.89. The lowest BCUT2D eigenvalue weighted by Crippen LogP contribution is -2.33. The van der Waals surface area contributed by atoms with Gasteiger partial charge in [-0.3, -0.25) is 0 Å². The number of hydrogen-bond acceptors (Lipinski definition) is 5. The van der Waals surface area contributed by atoms with Crippen LogP contribution in [-0.4, -0.2) is 34.1 Å². The maximum Gasteiger partial charge on any atom is 0.150 e. The van der Waals surface area contributed by atoms with Gasteiger partial charge in [0.15, 0.2) is 5.82 Å². The van der Waals surface area contributed by atoms with E-state index < -0.39 is 0 Å². The fourth-order valence-electron chi connectivity index (χ4n) is 1.25. The van der Waals surface area contributed by atoms with Gasteiger partial charge in [0.1, 0.15) is 17.2 Å². The average molecular weight is 244 g/mol. The van der Waals surface area contributed by atoms with Crippen molar-refractivity contribution in [3.8, 4) is 0 Å². The van der Waals surface area contributed by atoms with E-state index in [0.29, 0.717) is 17.3 Å². The minimum absolute atomic E-state index is 0.0169. The van der Waals surface area contributed by atoms with Crippen LogP contribution in [0, 0.1) is 0 Å². The fraction of sp³-hybridized carbons (Fsp3) is 0.444. The smallest absolute Gasteiger partial charge is 0.150 e. The topological polar surface area (TPSA) is 87.6 Å². The predicted octanol–water partition coefficient (Wildman–Crippen LogP) is 1.09. The van der Waals surface area contributed by atoms with Crippen molar-refractivity contribution in [3.63, 3.8) is 0 Å².